The summed E-state index contributed by atoms with van der Waals surface area (Å²) < 4.78 is 49.5. The molecule has 0 aromatic heterocycles. The Labute approximate surface area is 705 Å². The van der Waals surface area contributed by atoms with Crippen LogP contribution in [-0.4, -0.2) is 212 Å². The van der Waals surface area contributed by atoms with Gasteiger partial charge in [0.1, 0.15) is 37.1 Å². The maximum atomic E-state index is 10.8. The van der Waals surface area contributed by atoms with Crippen LogP contribution >= 0.6 is 24.0 Å². The van der Waals surface area contributed by atoms with Gasteiger partial charge in [-0.1, -0.05) is 144 Å². The molecule has 33 heteroatoms. The number of halogens is 1. The zero-order chi connectivity index (χ0) is 84.3. The van der Waals surface area contributed by atoms with Crippen LogP contribution < -0.4 is 62.4 Å². The van der Waals surface area contributed by atoms with Crippen LogP contribution in [0, 0.1) is 83.7 Å². The molecule has 10 fully saturated rings. The molecule has 0 bridgehead atoms. The number of carbonyl (C=O) groups excluding carboxylic acids is 6. The first kappa shape index (κ1) is 127. The maximum absolute atomic E-state index is 10.8. The molecule has 5 aliphatic heterocycles. The number of azide groups is 1. The Morgan fingerprint density at radius 1 is 0.519 bits per heavy atom. The third kappa shape index (κ3) is 72.9. The molecule has 10 rings (SSSR count). The van der Waals surface area contributed by atoms with Gasteiger partial charge in [0.05, 0.1) is 116 Å². The molecule has 0 aromatic rings. The minimum atomic E-state index is -3.46. The number of nitrogens with zero attached hydrogens (tertiary/aromatic N) is 13. The SMILES string of the molecule is CC.CC.CC.CC.CC.CC.CC.CC.CC.CC.CC(=O)NC[C@H]1CN(C)C(=O)O1.CC1(C#N)CC1.CC1(C#N)CC1.CC1(C#N)CC1.CC1(C#N)CC1.CC1(C#N)CC1.CN1C[C@H](CN)OC1=O.CN1C[C@H](CN=[N+]=[N-])OC1=O.CN1C[C@H](CO)OC1=O.CN1C[C@H](COS(C)(=O)=O)OC1=O.I.[H-].[HH].[K+]. The second kappa shape index (κ2) is 76.5. The van der Waals surface area contributed by atoms with Gasteiger partial charge < -0.3 is 65.8 Å². The molecule has 0 unspecified atom stereocenters. The van der Waals surface area contributed by atoms with E-state index in [1.54, 1.807) is 35.2 Å². The quantitative estimate of drug-likeness (QED) is 0.0367. The summed E-state index contributed by atoms with van der Waals surface area (Å²) in [6, 6.07) is 11.1. The van der Waals surface area contributed by atoms with E-state index in [1.165, 1.54) is 31.4 Å². The number of nitriles is 5. The van der Waals surface area contributed by atoms with E-state index < -0.39 is 22.3 Å². The molecule has 30 nitrogen and oxygen atoms in total. The Morgan fingerprint density at radius 2 is 0.736 bits per heavy atom. The van der Waals surface area contributed by atoms with Gasteiger partial charge in [0.2, 0.25) is 5.91 Å². The van der Waals surface area contributed by atoms with E-state index in [0.717, 1.165) is 70.5 Å². The van der Waals surface area contributed by atoms with Crippen molar-refractivity contribution in [2.75, 3.05) is 107 Å². The summed E-state index contributed by atoms with van der Waals surface area (Å²) in [4.78, 5) is 73.8. The molecule has 0 spiro atoms. The number of amides is 6. The molecular weight excluding hydrogens is 1520 g/mol. The van der Waals surface area contributed by atoms with Gasteiger partial charge in [-0.3, -0.25) is 8.98 Å². The fourth-order valence-electron chi connectivity index (χ4n) is 5.84. The number of aliphatic hydroxyl groups excluding tert-OH is 1. The second-order valence-corrected chi connectivity index (χ2v) is 24.7. The molecule has 106 heavy (non-hydrogen) atoms. The number of aliphatic hydroxyl groups is 1. The fourth-order valence-corrected chi connectivity index (χ4v) is 6.23. The van der Waals surface area contributed by atoms with Crippen molar-refractivity contribution in [3.8, 4) is 30.3 Å². The Kier molecular flexibility index (Phi) is 91.9. The Morgan fingerprint density at radius 3 is 0.877 bits per heavy atom. The van der Waals surface area contributed by atoms with Gasteiger partial charge >= 0.3 is 81.9 Å². The fraction of sp³-hybridized carbons (Fsp3) is 0.849. The van der Waals surface area contributed by atoms with E-state index >= 15 is 0 Å². The molecule has 0 radical (unpaired) electrons. The van der Waals surface area contributed by atoms with E-state index in [-0.39, 0.29) is 180 Å². The van der Waals surface area contributed by atoms with E-state index in [2.05, 4.69) is 54.6 Å². The van der Waals surface area contributed by atoms with Crippen LogP contribution in [0.15, 0.2) is 5.11 Å². The molecule has 4 N–H and O–H groups in total. The van der Waals surface area contributed by atoms with Crippen molar-refractivity contribution < 1.29 is 124 Å². The molecule has 10 aliphatic rings. The largest absolute Gasteiger partial charge is 1.00 e. The van der Waals surface area contributed by atoms with Gasteiger partial charge in [0.25, 0.3) is 10.1 Å². The number of likely N-dealkylation sites (N-methyl/N-ethyl adjacent to an activating group) is 5. The molecule has 620 valence electrons. The number of carbonyl (C=O) groups is 6. The predicted molar refractivity (Wildman–Crippen MR) is 431 cm³/mol. The Hall–Kier alpha value is -5.22. The van der Waals surface area contributed by atoms with Crippen molar-refractivity contribution in [3.05, 3.63) is 10.4 Å². The summed E-state index contributed by atoms with van der Waals surface area (Å²) >= 11 is 0. The average Bonchev–Trinajstić information content (AvgIpc) is 1.72. The Bertz CT molecular complexity index is 2450. The van der Waals surface area contributed by atoms with E-state index in [9.17, 15) is 37.2 Å². The summed E-state index contributed by atoms with van der Waals surface area (Å²) in [5.74, 6) is -0.111. The van der Waals surface area contributed by atoms with Crippen molar-refractivity contribution in [2.24, 2.45) is 37.9 Å². The maximum Gasteiger partial charge on any atom is 1.00 e. The first-order valence-corrected chi connectivity index (χ1v) is 38.9. The minimum absolute atomic E-state index is 0. The molecule has 5 heterocycles. The predicted octanol–water partition coefficient (Wildman–Crippen LogP) is 13.4. The number of hydrogen-bond donors (Lipinski definition) is 3. The van der Waals surface area contributed by atoms with Crippen molar-refractivity contribution in [3.63, 3.8) is 0 Å². The van der Waals surface area contributed by atoms with Crippen LogP contribution in [0.2, 0.25) is 0 Å². The van der Waals surface area contributed by atoms with Gasteiger partial charge in [-0.2, -0.15) is 34.7 Å². The number of hydrogen-bond acceptors (Lipinski definition) is 22. The third-order valence-corrected chi connectivity index (χ3v) is 14.1. The van der Waals surface area contributed by atoms with Crippen molar-refractivity contribution in [1.82, 2.24) is 29.8 Å². The molecule has 5 atom stereocenters. The van der Waals surface area contributed by atoms with Crippen LogP contribution in [0.4, 0.5) is 24.0 Å². The monoisotopic (exact) mass is 1670 g/mol. The van der Waals surface area contributed by atoms with Gasteiger partial charge in [-0.05, 0) is 104 Å². The van der Waals surface area contributed by atoms with Crippen molar-refractivity contribution in [2.45, 2.75) is 275 Å². The minimum Gasteiger partial charge on any atom is -1.00 e. The van der Waals surface area contributed by atoms with Crippen LogP contribution in [0.5, 0.6) is 0 Å². The van der Waals surface area contributed by atoms with Crippen LogP contribution in [0.25, 0.3) is 10.4 Å². The van der Waals surface area contributed by atoms with Crippen LogP contribution in [-0.2, 0) is 42.8 Å². The number of rotatable bonds is 9. The zero-order valence-electron chi connectivity index (χ0n) is 72.9. The van der Waals surface area contributed by atoms with Gasteiger partial charge in [0, 0.05) is 55.0 Å². The van der Waals surface area contributed by atoms with Gasteiger partial charge in [-0.15, -0.1) is 24.0 Å². The average molecular weight is 1680 g/mol. The Balaban J connectivity index is -0.0000000741. The zero-order valence-corrected chi connectivity index (χ0v) is 78.2. The molecular formula is C73H149IKN15O15S. The van der Waals surface area contributed by atoms with Crippen LogP contribution in [0.1, 0.15) is 247 Å². The smallest absolute Gasteiger partial charge is 1.00 e. The summed E-state index contributed by atoms with van der Waals surface area (Å²) in [6.45, 7) is 54.7. The summed E-state index contributed by atoms with van der Waals surface area (Å²) in [5.41, 5.74) is 13.7. The number of cyclic esters (lactones) is 5. The molecule has 6 amide bonds. The van der Waals surface area contributed by atoms with E-state index in [1.807, 2.05) is 173 Å². The summed E-state index contributed by atoms with van der Waals surface area (Å²) in [5, 5.41) is 55.5. The van der Waals surface area contributed by atoms with E-state index in [4.69, 9.17) is 61.6 Å². The number of ether oxygens (including phenoxy) is 5. The number of nitrogens with one attached hydrogen (secondary N) is 1. The molecule has 5 saturated carbocycles. The summed E-state index contributed by atoms with van der Waals surface area (Å²) in [6.07, 6.45) is 8.95. The number of nitrogens with two attached hydrogens (primary N) is 1. The first-order valence-electron chi connectivity index (χ1n) is 37.1. The van der Waals surface area contributed by atoms with Gasteiger partial charge in [0.15, 0.2) is 0 Å². The van der Waals surface area contributed by atoms with Crippen molar-refractivity contribution >= 4 is 70.5 Å². The van der Waals surface area contributed by atoms with Gasteiger partial charge in [-0.25, -0.2) is 24.0 Å². The normalized spacial score (nSPS) is 20.0. The third-order valence-electron chi connectivity index (χ3n) is 13.5. The second-order valence-electron chi connectivity index (χ2n) is 23.1. The summed E-state index contributed by atoms with van der Waals surface area (Å²) in [7, 11) is 4.75. The standard InChI is InChI=1S/C7H12N2O3.C6H11NO5S.C5H8N4O2.C5H10N2O2.C5H9NO3.5C5H7N.10C2H6.HI.K.H2.H/c1-5(10)8-3-6-4-9(2)7(11)12-6;1-7-3-5(12-6(7)8)4-11-13(2,9)10;1-9-3-4(2-7-8-6)11-5(9)10;1-7-3-4(2-6)9-5(7)8;1-6-2-4(3-7)9-5(6)8;5*1-5(4-6)2-3-5;10*1-2;;;;/h6H,3-4H2,1-2H3,(H,8,10);5H,3-4H2,1-2H3;4H,2-3H2,1H3;4H,2-3,6H2,1H3;4,7H,2-3H2,1H3;5*2-3H2,1H3;10*1-2H3;1H;;1H;/q;;;;;;;;;;;;;;;;;;;;;+1;;-1/t6-;5-;3*4-;;;;;;;;;;;;;;;;;;;/m01001.................../s1. The van der Waals surface area contributed by atoms with Crippen LogP contribution in [0.3, 0.4) is 0 Å². The van der Waals surface area contributed by atoms with Crippen molar-refractivity contribution in [1.29, 1.82) is 26.3 Å². The van der Waals surface area contributed by atoms with E-state index in [0.29, 0.717) is 45.8 Å². The topological polar surface area (TPSA) is 434 Å². The molecule has 5 saturated heterocycles. The molecule has 5 aliphatic carbocycles. The first-order chi connectivity index (χ1) is 49.0. The molecule has 0 aromatic carbocycles.